The standard InChI is InChI=1S/C45H39Cl5N8O8/c1-23(59)38(57-55-33-15-27(13-30(49)18-33)42(61)53-36-9-5-7-25(20-46)40(36)65-3)44(63)51-32-11-12-35(29(17-32)22-48)52-45(64)39(24(2)60)58-56-34-16-28(14-31(50)19-34)43(62)54-37-10-6-8-26(21-47)41(37)66-4/h5-19,38-39H,20-22H2,1-4H3,(H,51,63)(H,52,64)(H,53,61)(H,54,62). The number of methoxy groups -OCH3 is 2. The minimum absolute atomic E-state index is 0.0739. The second kappa shape index (κ2) is 23.7. The van der Waals surface area contributed by atoms with Crippen LogP contribution < -0.4 is 30.7 Å². The third-order valence-electron chi connectivity index (χ3n) is 9.29. The zero-order valence-corrected chi connectivity index (χ0v) is 39.2. The van der Waals surface area contributed by atoms with Gasteiger partial charge in [-0.25, -0.2) is 0 Å². The lowest BCUT2D eigenvalue weighted by Crippen LogP contribution is -2.32. The van der Waals surface area contributed by atoms with Crippen LogP contribution in [0, 0.1) is 0 Å². The van der Waals surface area contributed by atoms with Crippen LogP contribution in [-0.4, -0.2) is 61.5 Å². The topological polar surface area (TPSA) is 218 Å². The smallest absolute Gasteiger partial charge is 0.258 e. The number of azo groups is 2. The van der Waals surface area contributed by atoms with E-state index in [-0.39, 0.29) is 61.6 Å². The number of alkyl halides is 3. The van der Waals surface area contributed by atoms with Crippen molar-refractivity contribution in [1.29, 1.82) is 0 Å². The van der Waals surface area contributed by atoms with Crippen molar-refractivity contribution in [1.82, 2.24) is 0 Å². The van der Waals surface area contributed by atoms with E-state index < -0.39 is 47.3 Å². The van der Waals surface area contributed by atoms with Gasteiger partial charge in [-0.05, 0) is 86.1 Å². The van der Waals surface area contributed by atoms with Crippen molar-refractivity contribution in [2.24, 2.45) is 20.5 Å². The Kier molecular flexibility index (Phi) is 18.1. The number of carbonyl (C=O) groups excluding carboxylic acids is 6. The zero-order chi connectivity index (χ0) is 48.1. The number of anilines is 4. The highest BCUT2D eigenvalue weighted by Crippen LogP contribution is 2.33. The number of carbonyl (C=O) groups is 6. The van der Waals surface area contributed by atoms with E-state index in [1.807, 2.05) is 0 Å². The maximum atomic E-state index is 13.4. The minimum atomic E-state index is -1.63. The molecule has 16 nitrogen and oxygen atoms in total. The van der Waals surface area contributed by atoms with Gasteiger partial charge in [-0.3, -0.25) is 28.8 Å². The predicted molar refractivity (Wildman–Crippen MR) is 255 cm³/mol. The summed E-state index contributed by atoms with van der Waals surface area (Å²) in [5, 5.41) is 27.0. The van der Waals surface area contributed by atoms with Gasteiger partial charge in [0.05, 0.1) is 48.7 Å². The molecule has 342 valence electrons. The summed E-state index contributed by atoms with van der Waals surface area (Å²) in [6.07, 6.45) is 0. The van der Waals surface area contributed by atoms with Gasteiger partial charge in [-0.1, -0.05) is 47.5 Å². The van der Waals surface area contributed by atoms with Crippen molar-refractivity contribution in [3.8, 4) is 11.5 Å². The average molecular weight is 997 g/mol. The molecule has 0 aliphatic heterocycles. The van der Waals surface area contributed by atoms with Crippen LogP contribution >= 0.6 is 58.0 Å². The Hall–Kier alpha value is -6.43. The van der Waals surface area contributed by atoms with E-state index in [1.54, 1.807) is 36.4 Å². The molecular formula is C45H39Cl5N8O8. The van der Waals surface area contributed by atoms with Crippen molar-refractivity contribution < 1.29 is 38.2 Å². The molecule has 2 atom stereocenters. The fourth-order valence-corrected chi connectivity index (χ4v) is 7.28. The summed E-state index contributed by atoms with van der Waals surface area (Å²) in [6, 6.07) is 19.5. The number of ether oxygens (including phenoxy) is 2. The zero-order valence-electron chi connectivity index (χ0n) is 35.4. The molecule has 2 unspecified atom stereocenters. The molecule has 0 aliphatic carbocycles. The second-order valence-electron chi connectivity index (χ2n) is 14.0. The Labute approximate surface area is 403 Å². The van der Waals surface area contributed by atoms with Crippen LogP contribution in [0.2, 0.25) is 10.0 Å². The second-order valence-corrected chi connectivity index (χ2v) is 15.7. The first-order chi connectivity index (χ1) is 31.6. The van der Waals surface area contributed by atoms with Crippen LogP contribution in [0.15, 0.2) is 111 Å². The molecule has 66 heavy (non-hydrogen) atoms. The molecule has 5 aromatic carbocycles. The lowest BCUT2D eigenvalue weighted by molar-refractivity contribution is -0.127. The molecule has 0 heterocycles. The predicted octanol–water partition coefficient (Wildman–Crippen LogP) is 11.1. The van der Waals surface area contributed by atoms with Crippen molar-refractivity contribution >= 4 is 127 Å². The van der Waals surface area contributed by atoms with Gasteiger partial charge in [0.25, 0.3) is 23.6 Å². The summed E-state index contributed by atoms with van der Waals surface area (Å²) in [6.45, 7) is 2.30. The largest absolute Gasteiger partial charge is 0.494 e. The number of halogens is 5. The molecule has 5 rings (SSSR count). The Bertz CT molecular complexity index is 2750. The van der Waals surface area contributed by atoms with Gasteiger partial charge in [0.1, 0.15) is 11.5 Å². The Morgan fingerprint density at radius 3 is 1.38 bits per heavy atom. The van der Waals surface area contributed by atoms with Crippen LogP contribution in [-0.2, 0) is 36.8 Å². The molecule has 0 fully saturated rings. The van der Waals surface area contributed by atoms with Gasteiger partial charge < -0.3 is 30.7 Å². The quantitative estimate of drug-likeness (QED) is 0.0353. The van der Waals surface area contributed by atoms with Gasteiger partial charge in [0, 0.05) is 49.6 Å². The van der Waals surface area contributed by atoms with Crippen molar-refractivity contribution in [3.63, 3.8) is 0 Å². The third kappa shape index (κ3) is 13.1. The average Bonchev–Trinajstić information content (AvgIpc) is 3.28. The maximum Gasteiger partial charge on any atom is 0.258 e. The molecule has 0 aromatic heterocycles. The van der Waals surface area contributed by atoms with Gasteiger partial charge in [0.2, 0.25) is 12.1 Å². The van der Waals surface area contributed by atoms with Crippen molar-refractivity contribution in [3.05, 3.63) is 129 Å². The highest BCUT2D eigenvalue weighted by molar-refractivity contribution is 6.32. The van der Waals surface area contributed by atoms with Crippen LogP contribution in [0.3, 0.4) is 0 Å². The van der Waals surface area contributed by atoms with Crippen molar-refractivity contribution in [2.45, 2.75) is 43.6 Å². The summed E-state index contributed by atoms with van der Waals surface area (Å²) in [4.78, 5) is 78.5. The highest BCUT2D eigenvalue weighted by atomic mass is 35.5. The minimum Gasteiger partial charge on any atom is -0.494 e. The Morgan fingerprint density at radius 1 is 0.530 bits per heavy atom. The fourth-order valence-electron chi connectivity index (χ4n) is 6.18. The van der Waals surface area contributed by atoms with Gasteiger partial charge in [-0.2, -0.15) is 20.5 Å². The Morgan fingerprint density at radius 2 is 0.970 bits per heavy atom. The molecule has 0 saturated heterocycles. The van der Waals surface area contributed by atoms with E-state index in [1.165, 1.54) is 68.8 Å². The summed E-state index contributed by atoms with van der Waals surface area (Å²) >= 11 is 30.8. The van der Waals surface area contributed by atoms with E-state index in [2.05, 4.69) is 41.7 Å². The molecule has 4 N–H and O–H groups in total. The van der Waals surface area contributed by atoms with E-state index in [0.29, 0.717) is 39.6 Å². The summed E-state index contributed by atoms with van der Waals surface area (Å²) < 4.78 is 10.8. The number of amides is 4. The molecule has 0 bridgehead atoms. The normalized spacial score (nSPS) is 12.0. The first-order valence-corrected chi connectivity index (χ1v) is 21.8. The number of ketones is 2. The Balaban J connectivity index is 1.27. The van der Waals surface area contributed by atoms with Crippen LogP contribution in [0.5, 0.6) is 11.5 Å². The van der Waals surface area contributed by atoms with E-state index >= 15 is 0 Å². The molecule has 0 spiro atoms. The number of nitrogens with one attached hydrogen (secondary N) is 4. The SMILES string of the molecule is COc1c(CCl)cccc1NC(=O)c1cc(Cl)cc(N=NC(C(C)=O)C(=O)Nc2ccc(NC(=O)C(N=Nc3cc(Cl)cc(C(=O)Nc4cccc(CCl)c4OC)c3)C(C)=O)c(CCl)c2)c1. The van der Waals surface area contributed by atoms with Crippen LogP contribution in [0.25, 0.3) is 0 Å². The first-order valence-electron chi connectivity index (χ1n) is 19.4. The van der Waals surface area contributed by atoms with Crippen LogP contribution in [0.1, 0.15) is 51.3 Å². The van der Waals surface area contributed by atoms with Gasteiger partial charge >= 0.3 is 0 Å². The van der Waals surface area contributed by atoms with E-state index in [4.69, 9.17) is 67.5 Å². The van der Waals surface area contributed by atoms with Gasteiger partial charge in [-0.15, -0.1) is 34.8 Å². The number of hydrogen-bond acceptors (Lipinski definition) is 12. The molecule has 21 heteroatoms. The number of hydrogen-bond donors (Lipinski definition) is 4. The number of benzene rings is 5. The molecule has 5 aromatic rings. The van der Waals surface area contributed by atoms with Gasteiger partial charge in [0.15, 0.2) is 11.6 Å². The molecule has 0 radical (unpaired) electrons. The third-order valence-corrected chi connectivity index (χ3v) is 10.6. The first kappa shape index (κ1) is 50.6. The lowest BCUT2D eigenvalue weighted by Gasteiger charge is -2.15. The number of nitrogens with zero attached hydrogens (tertiary/aromatic N) is 4. The maximum absolute atomic E-state index is 13.4. The summed E-state index contributed by atoms with van der Waals surface area (Å²) in [7, 11) is 2.90. The summed E-state index contributed by atoms with van der Waals surface area (Å²) in [5.74, 6) is -3.22. The molecular weight excluding hydrogens is 958 g/mol. The summed E-state index contributed by atoms with van der Waals surface area (Å²) in [5.41, 5.74) is 3.09. The lowest BCUT2D eigenvalue weighted by atomic mass is 10.1. The van der Waals surface area contributed by atoms with Crippen LogP contribution in [0.4, 0.5) is 34.1 Å². The van der Waals surface area contributed by atoms with Crippen molar-refractivity contribution in [2.75, 3.05) is 35.5 Å². The number of Topliss-reactive ketones (excluding diaryl/α,β-unsaturated/α-hetero) is 2. The molecule has 4 amide bonds. The highest BCUT2D eigenvalue weighted by Gasteiger charge is 2.26. The van der Waals surface area contributed by atoms with E-state index in [0.717, 1.165) is 13.8 Å². The molecule has 0 saturated carbocycles. The van der Waals surface area contributed by atoms with E-state index in [9.17, 15) is 28.8 Å². The number of para-hydroxylation sites is 2. The fraction of sp³-hybridized carbons (Fsp3) is 0.200. The number of rotatable bonds is 19. The molecule has 0 aliphatic rings. The monoisotopic (exact) mass is 994 g/mol.